The molecule has 4 nitrogen and oxygen atoms in total. The predicted octanol–water partition coefficient (Wildman–Crippen LogP) is 1.32. The molecule has 0 bridgehead atoms. The van der Waals surface area contributed by atoms with Crippen molar-refractivity contribution in [2.75, 3.05) is 13.1 Å². The molecule has 1 atom stereocenters. The molecule has 0 radical (unpaired) electrons. The molecule has 0 saturated carbocycles. The summed E-state index contributed by atoms with van der Waals surface area (Å²) in [6.45, 7) is 6.88. The zero-order valence-corrected chi connectivity index (χ0v) is 8.93. The lowest BCUT2D eigenvalue weighted by Gasteiger charge is -2.35. The van der Waals surface area contributed by atoms with E-state index in [1.807, 2.05) is 12.7 Å². The molecule has 1 fully saturated rings. The van der Waals surface area contributed by atoms with Gasteiger partial charge in [0.05, 0.1) is 0 Å². The molecule has 0 spiro atoms. The third-order valence-electron chi connectivity index (χ3n) is 3.02. The van der Waals surface area contributed by atoms with Crippen LogP contribution in [0.3, 0.4) is 0 Å². The molecule has 1 aliphatic rings. The van der Waals surface area contributed by atoms with Crippen molar-refractivity contribution in [3.8, 4) is 0 Å². The van der Waals surface area contributed by atoms with Crippen LogP contribution in [0.25, 0.3) is 0 Å². The molecule has 1 aromatic rings. The second-order valence-electron chi connectivity index (χ2n) is 4.29. The van der Waals surface area contributed by atoms with Crippen LogP contribution in [-0.4, -0.2) is 38.8 Å². The van der Waals surface area contributed by atoms with Crippen LogP contribution in [0.5, 0.6) is 0 Å². The molecule has 0 aliphatic carbocycles. The van der Waals surface area contributed by atoms with Gasteiger partial charge in [-0.1, -0.05) is 0 Å². The van der Waals surface area contributed by atoms with Crippen LogP contribution in [0.15, 0.2) is 12.7 Å². The Morgan fingerprint density at radius 1 is 1.29 bits per heavy atom. The average Bonchev–Trinajstić information content (AvgIpc) is 2.71. The van der Waals surface area contributed by atoms with Gasteiger partial charge in [-0.05, 0) is 33.2 Å². The molecular formula is C10H18N4. The van der Waals surface area contributed by atoms with E-state index < -0.39 is 0 Å². The van der Waals surface area contributed by atoms with Gasteiger partial charge in [-0.3, -0.25) is 4.90 Å². The first kappa shape index (κ1) is 9.65. The zero-order chi connectivity index (χ0) is 9.97. The van der Waals surface area contributed by atoms with Crippen molar-refractivity contribution in [3.63, 3.8) is 0 Å². The molecule has 14 heavy (non-hydrogen) atoms. The quantitative estimate of drug-likeness (QED) is 0.712. The third-order valence-corrected chi connectivity index (χ3v) is 3.02. The topological polar surface area (TPSA) is 34.0 Å². The number of hydrogen-bond donors (Lipinski definition) is 0. The van der Waals surface area contributed by atoms with E-state index >= 15 is 0 Å². The normalized spacial score (nSPS) is 24.4. The fourth-order valence-corrected chi connectivity index (χ4v) is 2.09. The summed E-state index contributed by atoms with van der Waals surface area (Å²) in [7, 11) is 0. The van der Waals surface area contributed by atoms with Gasteiger partial charge in [0, 0.05) is 18.6 Å². The molecule has 1 saturated heterocycles. The first-order valence-corrected chi connectivity index (χ1v) is 5.35. The van der Waals surface area contributed by atoms with Gasteiger partial charge in [-0.25, -0.2) is 0 Å². The maximum absolute atomic E-state index is 3.86. The van der Waals surface area contributed by atoms with Gasteiger partial charge >= 0.3 is 0 Å². The second kappa shape index (κ2) is 4.09. The van der Waals surface area contributed by atoms with Gasteiger partial charge in [-0.15, -0.1) is 10.2 Å². The van der Waals surface area contributed by atoms with Crippen molar-refractivity contribution in [1.29, 1.82) is 0 Å². The lowest BCUT2D eigenvalue weighted by molar-refractivity contribution is 0.143. The van der Waals surface area contributed by atoms with E-state index in [0.29, 0.717) is 12.1 Å². The molecule has 2 heterocycles. The SMILES string of the molecule is CC(C)N1CCC[C@H](n2cnnc2)C1. The first-order chi connectivity index (χ1) is 6.77. The summed E-state index contributed by atoms with van der Waals surface area (Å²) in [6.07, 6.45) is 6.19. The molecule has 1 aliphatic heterocycles. The van der Waals surface area contributed by atoms with Gasteiger partial charge in [-0.2, -0.15) is 0 Å². The lowest BCUT2D eigenvalue weighted by atomic mass is 10.0. The fourth-order valence-electron chi connectivity index (χ4n) is 2.09. The highest BCUT2D eigenvalue weighted by atomic mass is 15.3. The minimum absolute atomic E-state index is 0.571. The third kappa shape index (κ3) is 1.95. The van der Waals surface area contributed by atoms with E-state index in [9.17, 15) is 0 Å². The summed E-state index contributed by atoms with van der Waals surface area (Å²) in [5.41, 5.74) is 0. The Bertz CT molecular complexity index is 268. The van der Waals surface area contributed by atoms with E-state index in [1.165, 1.54) is 19.4 Å². The number of piperidine rings is 1. The van der Waals surface area contributed by atoms with Crippen LogP contribution < -0.4 is 0 Å². The summed E-state index contributed by atoms with van der Waals surface area (Å²) in [5, 5.41) is 7.72. The zero-order valence-electron chi connectivity index (χ0n) is 8.93. The van der Waals surface area contributed by atoms with Crippen LogP contribution in [-0.2, 0) is 0 Å². The van der Waals surface area contributed by atoms with Crippen molar-refractivity contribution in [2.24, 2.45) is 0 Å². The monoisotopic (exact) mass is 194 g/mol. The molecule has 0 unspecified atom stereocenters. The first-order valence-electron chi connectivity index (χ1n) is 5.35. The average molecular weight is 194 g/mol. The van der Waals surface area contributed by atoms with Crippen molar-refractivity contribution in [1.82, 2.24) is 19.7 Å². The standard InChI is InChI=1S/C10H18N4/c1-9(2)13-5-3-4-10(6-13)14-7-11-12-8-14/h7-10H,3-6H2,1-2H3/t10-/m0/s1. The van der Waals surface area contributed by atoms with Gasteiger partial charge < -0.3 is 4.57 Å². The molecule has 0 amide bonds. The van der Waals surface area contributed by atoms with Gasteiger partial charge in [0.1, 0.15) is 12.7 Å². The highest BCUT2D eigenvalue weighted by molar-refractivity contribution is 4.81. The predicted molar refractivity (Wildman–Crippen MR) is 55.0 cm³/mol. The highest BCUT2D eigenvalue weighted by Crippen LogP contribution is 2.21. The Morgan fingerprint density at radius 3 is 2.64 bits per heavy atom. The minimum Gasteiger partial charge on any atom is -0.316 e. The lowest BCUT2D eigenvalue weighted by Crippen LogP contribution is -2.40. The molecule has 4 heteroatoms. The summed E-state index contributed by atoms with van der Waals surface area (Å²) >= 11 is 0. The van der Waals surface area contributed by atoms with E-state index in [-0.39, 0.29) is 0 Å². The largest absolute Gasteiger partial charge is 0.316 e. The van der Waals surface area contributed by atoms with Crippen LogP contribution in [0.2, 0.25) is 0 Å². The van der Waals surface area contributed by atoms with E-state index in [0.717, 1.165) is 6.54 Å². The molecule has 1 aromatic heterocycles. The molecular weight excluding hydrogens is 176 g/mol. The Balaban J connectivity index is 2.01. The number of nitrogens with zero attached hydrogens (tertiary/aromatic N) is 4. The summed E-state index contributed by atoms with van der Waals surface area (Å²) < 4.78 is 2.13. The Kier molecular flexibility index (Phi) is 2.82. The van der Waals surface area contributed by atoms with Crippen molar-refractivity contribution in [2.45, 2.75) is 38.8 Å². The van der Waals surface area contributed by atoms with Crippen LogP contribution in [0, 0.1) is 0 Å². The summed E-state index contributed by atoms with van der Waals surface area (Å²) in [4.78, 5) is 2.52. The second-order valence-corrected chi connectivity index (χ2v) is 4.29. The van der Waals surface area contributed by atoms with E-state index in [2.05, 4.69) is 33.5 Å². The molecule has 78 valence electrons. The maximum atomic E-state index is 3.86. The Hall–Kier alpha value is -0.900. The van der Waals surface area contributed by atoms with Crippen LogP contribution in [0.1, 0.15) is 32.7 Å². The molecule has 2 rings (SSSR count). The molecule has 0 N–H and O–H groups in total. The Labute approximate surface area is 84.9 Å². The molecule has 0 aromatic carbocycles. The van der Waals surface area contributed by atoms with E-state index in [1.54, 1.807) is 0 Å². The number of aromatic nitrogens is 3. The van der Waals surface area contributed by atoms with Crippen LogP contribution >= 0.6 is 0 Å². The van der Waals surface area contributed by atoms with Crippen molar-refractivity contribution >= 4 is 0 Å². The number of rotatable bonds is 2. The van der Waals surface area contributed by atoms with Crippen LogP contribution in [0.4, 0.5) is 0 Å². The van der Waals surface area contributed by atoms with E-state index in [4.69, 9.17) is 0 Å². The highest BCUT2D eigenvalue weighted by Gasteiger charge is 2.22. The number of hydrogen-bond acceptors (Lipinski definition) is 3. The van der Waals surface area contributed by atoms with Gasteiger partial charge in [0.2, 0.25) is 0 Å². The smallest absolute Gasteiger partial charge is 0.119 e. The Morgan fingerprint density at radius 2 is 2.00 bits per heavy atom. The summed E-state index contributed by atoms with van der Waals surface area (Å²) in [5.74, 6) is 0. The fraction of sp³-hybridized carbons (Fsp3) is 0.800. The maximum Gasteiger partial charge on any atom is 0.119 e. The summed E-state index contributed by atoms with van der Waals surface area (Å²) in [6, 6.07) is 1.22. The van der Waals surface area contributed by atoms with Crippen molar-refractivity contribution in [3.05, 3.63) is 12.7 Å². The minimum atomic E-state index is 0.571. The van der Waals surface area contributed by atoms with Gasteiger partial charge in [0.25, 0.3) is 0 Å². The number of likely N-dealkylation sites (tertiary alicyclic amines) is 1. The van der Waals surface area contributed by atoms with Gasteiger partial charge in [0.15, 0.2) is 0 Å². The van der Waals surface area contributed by atoms with Crippen molar-refractivity contribution < 1.29 is 0 Å².